The summed E-state index contributed by atoms with van der Waals surface area (Å²) in [6.45, 7) is 7.20. The number of pyridine rings is 1. The van der Waals surface area contributed by atoms with Gasteiger partial charge in [-0.05, 0) is 57.7 Å². The lowest BCUT2D eigenvalue weighted by molar-refractivity contribution is 0.0617. The number of aromatic nitrogens is 3. The number of rotatable bonds is 6. The van der Waals surface area contributed by atoms with Crippen LogP contribution in [-0.4, -0.2) is 50.7 Å². The number of benzene rings is 1. The highest BCUT2D eigenvalue weighted by atomic mass is 16.2. The number of fused-ring (bicyclic) bond motifs is 1. The van der Waals surface area contributed by atoms with Crippen LogP contribution in [0.1, 0.15) is 61.6 Å². The fourth-order valence-electron chi connectivity index (χ4n) is 4.36. The van der Waals surface area contributed by atoms with Crippen molar-refractivity contribution < 1.29 is 9.59 Å². The van der Waals surface area contributed by atoms with E-state index in [0.29, 0.717) is 18.7 Å². The molecular formula is C25H32N6O2. The Morgan fingerprint density at radius 2 is 2.00 bits per heavy atom. The average Bonchev–Trinajstić information content (AvgIpc) is 3.26. The highest BCUT2D eigenvalue weighted by molar-refractivity contribution is 6.05. The lowest BCUT2D eigenvalue weighted by Crippen LogP contribution is -2.50. The van der Waals surface area contributed by atoms with Crippen LogP contribution in [0.15, 0.2) is 42.6 Å². The number of urea groups is 1. The molecule has 174 valence electrons. The fraction of sp³-hybridized carbons (Fsp3) is 0.440. The first-order valence-corrected chi connectivity index (χ1v) is 11.7. The smallest absolute Gasteiger partial charge is 0.319 e. The average molecular weight is 449 g/mol. The van der Waals surface area contributed by atoms with Crippen molar-refractivity contribution in [1.29, 1.82) is 0 Å². The first-order valence-electron chi connectivity index (χ1n) is 11.7. The molecule has 33 heavy (non-hydrogen) atoms. The van der Waals surface area contributed by atoms with Gasteiger partial charge >= 0.3 is 6.03 Å². The lowest BCUT2D eigenvalue weighted by atomic mass is 10.00. The van der Waals surface area contributed by atoms with Gasteiger partial charge in [-0.15, -0.1) is 0 Å². The summed E-state index contributed by atoms with van der Waals surface area (Å²) < 4.78 is 1.91. The fourth-order valence-corrected chi connectivity index (χ4v) is 4.36. The molecule has 0 aliphatic carbocycles. The molecule has 4 rings (SSSR count). The maximum Gasteiger partial charge on any atom is 0.319 e. The molecule has 3 heterocycles. The molecule has 8 heteroatoms. The van der Waals surface area contributed by atoms with Gasteiger partial charge in [-0.2, -0.15) is 5.10 Å². The Kier molecular flexibility index (Phi) is 6.91. The summed E-state index contributed by atoms with van der Waals surface area (Å²) in [5.74, 6) is -0.0239. The zero-order chi connectivity index (χ0) is 23.4. The SMILES string of the molecule is CCC(C)n1ncc2c(C(=O)N3CCCCC3CNC(=O)Nc3ccccc3)cc(C)nc21. The van der Waals surface area contributed by atoms with Crippen LogP contribution in [-0.2, 0) is 0 Å². The van der Waals surface area contributed by atoms with Crippen LogP contribution in [0.5, 0.6) is 0 Å². The first-order chi connectivity index (χ1) is 16.0. The van der Waals surface area contributed by atoms with Gasteiger partial charge in [-0.1, -0.05) is 25.1 Å². The molecule has 0 spiro atoms. The molecule has 2 N–H and O–H groups in total. The molecule has 3 aromatic rings. The van der Waals surface area contributed by atoms with E-state index in [0.717, 1.165) is 48.1 Å². The van der Waals surface area contributed by atoms with Crippen LogP contribution in [0.4, 0.5) is 10.5 Å². The van der Waals surface area contributed by atoms with Crippen LogP contribution in [0.2, 0.25) is 0 Å². The van der Waals surface area contributed by atoms with Crippen molar-refractivity contribution in [3.8, 4) is 0 Å². The molecule has 0 bridgehead atoms. The monoisotopic (exact) mass is 448 g/mol. The number of likely N-dealkylation sites (tertiary alicyclic amines) is 1. The van der Waals surface area contributed by atoms with Gasteiger partial charge in [0.15, 0.2) is 5.65 Å². The molecule has 2 aromatic heterocycles. The van der Waals surface area contributed by atoms with E-state index in [1.165, 1.54) is 0 Å². The van der Waals surface area contributed by atoms with Crippen molar-refractivity contribution in [3.05, 3.63) is 53.9 Å². The first kappa shape index (κ1) is 22.8. The number of hydrogen-bond donors (Lipinski definition) is 2. The Balaban J connectivity index is 1.52. The summed E-state index contributed by atoms with van der Waals surface area (Å²) in [5.41, 5.74) is 2.92. The van der Waals surface area contributed by atoms with Gasteiger partial charge in [-0.3, -0.25) is 4.79 Å². The second-order valence-electron chi connectivity index (χ2n) is 8.74. The Labute approximate surface area is 194 Å². The third kappa shape index (κ3) is 4.99. The maximum absolute atomic E-state index is 13.7. The number of hydrogen-bond acceptors (Lipinski definition) is 4. The topological polar surface area (TPSA) is 92.2 Å². The maximum atomic E-state index is 13.7. The van der Waals surface area contributed by atoms with E-state index in [1.807, 2.05) is 52.9 Å². The molecule has 0 radical (unpaired) electrons. The van der Waals surface area contributed by atoms with E-state index >= 15 is 0 Å². The van der Waals surface area contributed by atoms with Crippen molar-refractivity contribution in [2.45, 2.75) is 58.5 Å². The number of carbonyl (C=O) groups excluding carboxylic acids is 2. The number of carbonyl (C=O) groups is 2. The molecule has 0 saturated carbocycles. The van der Waals surface area contributed by atoms with Crippen molar-refractivity contribution in [3.63, 3.8) is 0 Å². The van der Waals surface area contributed by atoms with Crippen molar-refractivity contribution in [1.82, 2.24) is 25.0 Å². The van der Waals surface area contributed by atoms with E-state index in [1.54, 1.807) is 6.20 Å². The second kappa shape index (κ2) is 10.0. The van der Waals surface area contributed by atoms with Crippen LogP contribution in [0, 0.1) is 6.92 Å². The Morgan fingerprint density at radius 3 is 2.76 bits per heavy atom. The minimum atomic E-state index is -0.267. The highest BCUT2D eigenvalue weighted by Gasteiger charge is 2.30. The van der Waals surface area contributed by atoms with E-state index in [9.17, 15) is 9.59 Å². The quantitative estimate of drug-likeness (QED) is 0.580. The third-order valence-corrected chi connectivity index (χ3v) is 6.35. The predicted molar refractivity (Wildman–Crippen MR) is 129 cm³/mol. The molecule has 3 amide bonds. The number of anilines is 1. The van der Waals surface area contributed by atoms with Crippen LogP contribution < -0.4 is 10.6 Å². The molecule has 1 saturated heterocycles. The van der Waals surface area contributed by atoms with Crippen LogP contribution in [0.3, 0.4) is 0 Å². The Bertz CT molecular complexity index is 1130. The van der Waals surface area contributed by atoms with Gasteiger partial charge in [0, 0.05) is 30.5 Å². The number of nitrogens with one attached hydrogen (secondary N) is 2. The molecule has 2 unspecified atom stereocenters. The van der Waals surface area contributed by atoms with E-state index < -0.39 is 0 Å². The predicted octanol–water partition coefficient (Wildman–Crippen LogP) is 4.53. The van der Waals surface area contributed by atoms with Crippen LogP contribution >= 0.6 is 0 Å². The van der Waals surface area contributed by atoms with Gasteiger partial charge < -0.3 is 15.5 Å². The number of aryl methyl sites for hydroxylation is 1. The van der Waals surface area contributed by atoms with Crippen LogP contribution in [0.25, 0.3) is 11.0 Å². The summed E-state index contributed by atoms with van der Waals surface area (Å²) in [6.07, 6.45) is 5.54. The van der Waals surface area contributed by atoms with Gasteiger partial charge in [0.25, 0.3) is 5.91 Å². The zero-order valence-electron chi connectivity index (χ0n) is 19.5. The molecule has 1 aliphatic heterocycles. The lowest BCUT2D eigenvalue weighted by Gasteiger charge is -2.36. The number of nitrogens with zero attached hydrogens (tertiary/aromatic N) is 4. The molecule has 1 aromatic carbocycles. The van der Waals surface area contributed by atoms with Crippen molar-refractivity contribution in [2.24, 2.45) is 0 Å². The summed E-state index contributed by atoms with van der Waals surface area (Å²) in [4.78, 5) is 32.6. The molecule has 1 fully saturated rings. The minimum Gasteiger partial charge on any atom is -0.336 e. The largest absolute Gasteiger partial charge is 0.336 e. The van der Waals surface area contributed by atoms with E-state index in [-0.39, 0.29) is 24.0 Å². The molecule has 2 atom stereocenters. The zero-order valence-corrected chi connectivity index (χ0v) is 19.5. The number of amides is 3. The number of para-hydroxylation sites is 1. The van der Waals surface area contributed by atoms with Crippen molar-refractivity contribution >= 4 is 28.7 Å². The summed E-state index contributed by atoms with van der Waals surface area (Å²) in [6, 6.07) is 11.1. The molecule has 1 aliphatic rings. The van der Waals surface area contributed by atoms with Gasteiger partial charge in [0.2, 0.25) is 0 Å². The standard InChI is InChI=1S/C25H32N6O2/c1-4-18(3)31-23-22(16-27-31)21(14-17(2)28-23)24(32)30-13-9-8-12-20(30)15-26-25(33)29-19-10-6-5-7-11-19/h5-7,10-11,14,16,18,20H,4,8-9,12-13,15H2,1-3H3,(H2,26,29,33). The van der Waals surface area contributed by atoms with Crippen molar-refractivity contribution in [2.75, 3.05) is 18.4 Å². The Hall–Kier alpha value is -3.42. The van der Waals surface area contributed by atoms with E-state index in [4.69, 9.17) is 0 Å². The van der Waals surface area contributed by atoms with Gasteiger partial charge in [0.05, 0.1) is 23.2 Å². The Morgan fingerprint density at radius 1 is 1.21 bits per heavy atom. The summed E-state index contributed by atoms with van der Waals surface area (Å²) in [5, 5.41) is 11.1. The highest BCUT2D eigenvalue weighted by Crippen LogP contribution is 2.26. The summed E-state index contributed by atoms with van der Waals surface area (Å²) in [7, 11) is 0. The minimum absolute atomic E-state index is 0.0239. The van der Waals surface area contributed by atoms with Gasteiger partial charge in [-0.25, -0.2) is 14.5 Å². The normalized spacial score (nSPS) is 17.1. The summed E-state index contributed by atoms with van der Waals surface area (Å²) >= 11 is 0. The molecular weight excluding hydrogens is 416 g/mol. The van der Waals surface area contributed by atoms with Gasteiger partial charge in [0.1, 0.15) is 0 Å². The van der Waals surface area contributed by atoms with E-state index in [2.05, 4.69) is 34.6 Å². The second-order valence-corrected chi connectivity index (χ2v) is 8.74. The third-order valence-electron chi connectivity index (χ3n) is 6.35. The number of piperidine rings is 1. The molecule has 8 nitrogen and oxygen atoms in total.